The van der Waals surface area contributed by atoms with Gasteiger partial charge in [0.2, 0.25) is 10.0 Å². The number of fused-ring (bicyclic) bond motifs is 1. The van der Waals surface area contributed by atoms with E-state index >= 15 is 0 Å². The van der Waals surface area contributed by atoms with Gasteiger partial charge in [-0.3, -0.25) is 4.79 Å². The maximum atomic E-state index is 13.4. The van der Waals surface area contributed by atoms with Crippen molar-refractivity contribution in [1.82, 2.24) is 4.31 Å². The molecule has 0 radical (unpaired) electrons. The van der Waals surface area contributed by atoms with E-state index in [1.54, 1.807) is 33.5 Å². The van der Waals surface area contributed by atoms with Crippen molar-refractivity contribution in [3.05, 3.63) is 59.2 Å². The van der Waals surface area contributed by atoms with Crippen molar-refractivity contribution < 1.29 is 13.2 Å². The molecule has 0 aliphatic carbocycles. The summed E-state index contributed by atoms with van der Waals surface area (Å²) >= 11 is 0. The lowest BCUT2D eigenvalue weighted by atomic mass is 9.94. The van der Waals surface area contributed by atoms with Gasteiger partial charge in [-0.05, 0) is 67.0 Å². The van der Waals surface area contributed by atoms with E-state index in [1.807, 2.05) is 6.07 Å². The predicted molar refractivity (Wildman–Crippen MR) is 120 cm³/mol. The summed E-state index contributed by atoms with van der Waals surface area (Å²) in [5.74, 6) is 0.307. The molecule has 0 bridgehead atoms. The van der Waals surface area contributed by atoms with Gasteiger partial charge in [-0.2, -0.15) is 4.31 Å². The molecule has 1 saturated heterocycles. The molecule has 4 rings (SSSR count). The second kappa shape index (κ2) is 8.52. The Morgan fingerprint density at radius 2 is 1.70 bits per heavy atom. The highest BCUT2D eigenvalue weighted by Crippen LogP contribution is 2.32. The summed E-state index contributed by atoms with van der Waals surface area (Å²) in [6.45, 7) is 6.09. The molecule has 2 aliphatic heterocycles. The Bertz CT molecular complexity index is 1040. The standard InChI is InChI=1S/C24H30N2O3S/c1-18(2)19-11-12-23-20(16-19)9-7-15-26(23)24(27)21-8-6-10-22(17-21)30(28,29)25-13-4-3-5-14-25/h6,8,10-12,16-18H,3-5,7,9,13-15H2,1-2H3. The monoisotopic (exact) mass is 426 g/mol. The fourth-order valence-electron chi connectivity index (χ4n) is 4.39. The lowest BCUT2D eigenvalue weighted by Crippen LogP contribution is -2.37. The number of hydrogen-bond acceptors (Lipinski definition) is 3. The minimum absolute atomic E-state index is 0.135. The van der Waals surface area contributed by atoms with E-state index < -0.39 is 10.0 Å². The van der Waals surface area contributed by atoms with Crippen molar-refractivity contribution >= 4 is 21.6 Å². The van der Waals surface area contributed by atoms with Gasteiger partial charge in [0.15, 0.2) is 0 Å². The van der Waals surface area contributed by atoms with Crippen LogP contribution in [0.2, 0.25) is 0 Å². The third-order valence-electron chi connectivity index (χ3n) is 6.17. The Balaban J connectivity index is 1.63. The summed E-state index contributed by atoms with van der Waals surface area (Å²) in [5.41, 5.74) is 3.84. The molecule has 0 atom stereocenters. The van der Waals surface area contributed by atoms with Gasteiger partial charge in [0, 0.05) is 30.9 Å². The fraction of sp³-hybridized carbons (Fsp3) is 0.458. The van der Waals surface area contributed by atoms with E-state index in [1.165, 1.54) is 11.1 Å². The number of sulfonamides is 1. The number of benzene rings is 2. The summed E-state index contributed by atoms with van der Waals surface area (Å²) in [4.78, 5) is 15.4. The molecule has 0 spiro atoms. The fourth-order valence-corrected chi connectivity index (χ4v) is 5.95. The second-order valence-corrected chi connectivity index (χ2v) is 10.5. The summed E-state index contributed by atoms with van der Waals surface area (Å²) in [5, 5.41) is 0. The van der Waals surface area contributed by atoms with Crippen LogP contribution in [-0.4, -0.2) is 38.3 Å². The first kappa shape index (κ1) is 21.1. The number of piperidine rings is 1. The van der Waals surface area contributed by atoms with Crippen LogP contribution in [0.25, 0.3) is 0 Å². The number of anilines is 1. The second-order valence-electron chi connectivity index (χ2n) is 8.60. The highest BCUT2D eigenvalue weighted by Gasteiger charge is 2.28. The van der Waals surface area contributed by atoms with Gasteiger partial charge >= 0.3 is 0 Å². The maximum Gasteiger partial charge on any atom is 0.258 e. The Morgan fingerprint density at radius 1 is 0.933 bits per heavy atom. The quantitative estimate of drug-likeness (QED) is 0.719. The zero-order chi connectivity index (χ0) is 21.3. The van der Waals surface area contributed by atoms with E-state index in [0.29, 0.717) is 31.1 Å². The molecular formula is C24H30N2O3S. The van der Waals surface area contributed by atoms with Crippen molar-refractivity contribution in [2.75, 3.05) is 24.5 Å². The maximum absolute atomic E-state index is 13.4. The third kappa shape index (κ3) is 4.03. The minimum Gasteiger partial charge on any atom is -0.308 e. The van der Waals surface area contributed by atoms with Crippen LogP contribution < -0.4 is 4.90 Å². The van der Waals surface area contributed by atoms with Crippen LogP contribution in [0.15, 0.2) is 47.4 Å². The molecule has 6 heteroatoms. The number of rotatable bonds is 4. The summed E-state index contributed by atoms with van der Waals surface area (Å²) in [7, 11) is -3.56. The average Bonchev–Trinajstić information content (AvgIpc) is 2.78. The zero-order valence-corrected chi connectivity index (χ0v) is 18.6. The van der Waals surface area contributed by atoms with Crippen molar-refractivity contribution in [2.45, 2.75) is 56.8 Å². The molecule has 0 aromatic heterocycles. The number of aryl methyl sites for hydroxylation is 1. The molecule has 5 nitrogen and oxygen atoms in total. The molecule has 0 unspecified atom stereocenters. The van der Waals surface area contributed by atoms with Crippen LogP contribution in [0, 0.1) is 0 Å². The molecule has 2 aliphatic rings. The van der Waals surface area contributed by atoms with E-state index in [4.69, 9.17) is 0 Å². The van der Waals surface area contributed by atoms with Crippen LogP contribution in [0.1, 0.15) is 66.9 Å². The molecule has 1 fully saturated rings. The average molecular weight is 427 g/mol. The largest absolute Gasteiger partial charge is 0.308 e. The minimum atomic E-state index is -3.56. The Labute approximate surface area is 179 Å². The first-order chi connectivity index (χ1) is 14.4. The number of carbonyl (C=O) groups excluding carboxylic acids is 1. The molecular weight excluding hydrogens is 396 g/mol. The van der Waals surface area contributed by atoms with Gasteiger partial charge in [0.05, 0.1) is 4.90 Å². The summed E-state index contributed by atoms with van der Waals surface area (Å²) in [6, 6.07) is 12.9. The van der Waals surface area contributed by atoms with Gasteiger partial charge in [0.1, 0.15) is 0 Å². The van der Waals surface area contributed by atoms with Gasteiger partial charge in [-0.15, -0.1) is 0 Å². The number of carbonyl (C=O) groups is 1. The molecule has 0 N–H and O–H groups in total. The van der Waals surface area contributed by atoms with Crippen molar-refractivity contribution in [2.24, 2.45) is 0 Å². The summed E-state index contributed by atoms with van der Waals surface area (Å²) in [6.07, 6.45) is 4.72. The zero-order valence-electron chi connectivity index (χ0n) is 17.8. The Hall–Kier alpha value is -2.18. The van der Waals surface area contributed by atoms with Crippen molar-refractivity contribution in [1.29, 1.82) is 0 Å². The van der Waals surface area contributed by atoms with E-state index in [9.17, 15) is 13.2 Å². The highest BCUT2D eigenvalue weighted by atomic mass is 32.2. The molecule has 2 aromatic carbocycles. The van der Waals surface area contributed by atoms with Gasteiger partial charge in [-0.1, -0.05) is 38.5 Å². The number of hydrogen-bond donors (Lipinski definition) is 0. The van der Waals surface area contributed by atoms with Crippen LogP contribution in [0.4, 0.5) is 5.69 Å². The SMILES string of the molecule is CC(C)c1ccc2c(c1)CCCN2C(=O)c1cccc(S(=O)(=O)N2CCCCC2)c1. The van der Waals surface area contributed by atoms with Crippen molar-refractivity contribution in [3.63, 3.8) is 0 Å². The highest BCUT2D eigenvalue weighted by molar-refractivity contribution is 7.89. The van der Waals surface area contributed by atoms with Gasteiger partial charge in [0.25, 0.3) is 5.91 Å². The van der Waals surface area contributed by atoms with E-state index in [2.05, 4.69) is 26.0 Å². The smallest absolute Gasteiger partial charge is 0.258 e. The van der Waals surface area contributed by atoms with Crippen LogP contribution in [-0.2, 0) is 16.4 Å². The molecule has 160 valence electrons. The molecule has 30 heavy (non-hydrogen) atoms. The van der Waals surface area contributed by atoms with E-state index in [0.717, 1.165) is 37.8 Å². The molecule has 0 saturated carbocycles. The van der Waals surface area contributed by atoms with Gasteiger partial charge < -0.3 is 4.90 Å². The topological polar surface area (TPSA) is 57.7 Å². The Morgan fingerprint density at radius 3 is 2.43 bits per heavy atom. The normalized spacial score (nSPS) is 17.8. The molecule has 1 amide bonds. The molecule has 2 aromatic rings. The number of amides is 1. The third-order valence-corrected chi connectivity index (χ3v) is 8.06. The lowest BCUT2D eigenvalue weighted by molar-refractivity contribution is 0.0985. The predicted octanol–water partition coefficient (Wildman–Crippen LogP) is 4.58. The lowest BCUT2D eigenvalue weighted by Gasteiger charge is -2.30. The van der Waals surface area contributed by atoms with Gasteiger partial charge in [-0.25, -0.2) is 8.42 Å². The van der Waals surface area contributed by atoms with Crippen LogP contribution in [0.5, 0.6) is 0 Å². The van der Waals surface area contributed by atoms with E-state index in [-0.39, 0.29) is 10.8 Å². The molecule has 2 heterocycles. The first-order valence-electron chi connectivity index (χ1n) is 10.9. The van der Waals surface area contributed by atoms with Crippen LogP contribution >= 0.6 is 0 Å². The Kier molecular flexibility index (Phi) is 5.98. The number of nitrogens with zero attached hydrogens (tertiary/aromatic N) is 2. The first-order valence-corrected chi connectivity index (χ1v) is 12.4. The summed E-state index contributed by atoms with van der Waals surface area (Å²) < 4.78 is 27.6. The van der Waals surface area contributed by atoms with Crippen molar-refractivity contribution in [3.8, 4) is 0 Å². The van der Waals surface area contributed by atoms with Crippen LogP contribution in [0.3, 0.4) is 0 Å².